The quantitative estimate of drug-likeness (QED) is 0.466. The van der Waals surface area contributed by atoms with Gasteiger partial charge in [-0.1, -0.05) is 36.4 Å². The Morgan fingerprint density at radius 3 is 1.91 bits per heavy atom. The van der Waals surface area contributed by atoms with Gasteiger partial charge in [-0.05, 0) is 63.8 Å². The van der Waals surface area contributed by atoms with Crippen molar-refractivity contribution in [2.75, 3.05) is 25.1 Å². The van der Waals surface area contributed by atoms with E-state index in [0.717, 1.165) is 0 Å². The Morgan fingerprint density at radius 1 is 0.971 bits per heavy atom. The maximum atomic E-state index is 13.5. The Bertz CT molecular complexity index is 1070. The monoisotopic (exact) mass is 524 g/mol. The van der Waals surface area contributed by atoms with Gasteiger partial charge in [0.1, 0.15) is 17.1 Å². The van der Waals surface area contributed by atoms with Crippen LogP contribution in [0.2, 0.25) is 0 Å². The molecule has 11 heteroatoms. The van der Waals surface area contributed by atoms with E-state index in [4.69, 9.17) is 13.8 Å². The maximum absolute atomic E-state index is 13.5. The highest BCUT2D eigenvalue weighted by molar-refractivity contribution is 7.96. The third-order valence-corrected chi connectivity index (χ3v) is 9.37. The zero-order valence-electron chi connectivity index (χ0n) is 20.3. The molecule has 0 aromatic heterocycles. The fourth-order valence-corrected chi connectivity index (χ4v) is 7.36. The van der Waals surface area contributed by atoms with Crippen molar-refractivity contribution in [3.63, 3.8) is 0 Å². The van der Waals surface area contributed by atoms with Crippen LogP contribution < -0.4 is 13.8 Å². The smallest absolute Gasteiger partial charge is 0.444 e. The van der Waals surface area contributed by atoms with E-state index < -0.39 is 28.7 Å². The predicted octanol–water partition coefficient (Wildman–Crippen LogP) is 4.86. The van der Waals surface area contributed by atoms with Crippen molar-refractivity contribution < 1.29 is 31.6 Å². The number of para-hydroxylation sites is 2. The standard InChI is InChI=1S/C24H33N2O7PS/c1-24(2,3)31-23(27)26-16-14-20(15-17-26)18-25-35(29,30)19-34(28,32-21-10-6-4-7-11-21)33-22-12-8-5-9-13-22/h4-13,20,25H,14-19H2,1-3H3. The van der Waals surface area contributed by atoms with Crippen LogP contribution in [0, 0.1) is 5.92 Å². The second kappa shape index (κ2) is 11.5. The van der Waals surface area contributed by atoms with Gasteiger partial charge in [-0.15, -0.1) is 0 Å². The molecule has 0 saturated carbocycles. The summed E-state index contributed by atoms with van der Waals surface area (Å²) in [5.74, 6) is 0.529. The molecule has 1 fully saturated rings. The summed E-state index contributed by atoms with van der Waals surface area (Å²) in [6.45, 7) is 6.57. The summed E-state index contributed by atoms with van der Waals surface area (Å²) in [4.78, 5) is 13.9. The Hall–Kier alpha value is -2.55. The number of hydrogen-bond donors (Lipinski definition) is 1. The molecule has 192 valence electrons. The topological polar surface area (TPSA) is 111 Å². The van der Waals surface area contributed by atoms with E-state index in [9.17, 15) is 17.8 Å². The lowest BCUT2D eigenvalue weighted by atomic mass is 9.97. The minimum Gasteiger partial charge on any atom is -0.444 e. The van der Waals surface area contributed by atoms with Gasteiger partial charge >= 0.3 is 13.7 Å². The SMILES string of the molecule is CC(C)(C)OC(=O)N1CCC(CNS(=O)(=O)CP(=O)(Oc2ccccc2)Oc2ccccc2)CC1. The van der Waals surface area contributed by atoms with Gasteiger partial charge in [0, 0.05) is 19.6 Å². The van der Waals surface area contributed by atoms with Crippen molar-refractivity contribution in [1.82, 2.24) is 9.62 Å². The molecule has 1 amide bonds. The van der Waals surface area contributed by atoms with Gasteiger partial charge in [-0.3, -0.25) is 0 Å². The summed E-state index contributed by atoms with van der Waals surface area (Å²) in [6.07, 6.45) is 0.884. The highest BCUT2D eigenvalue weighted by Crippen LogP contribution is 2.49. The number of sulfonamides is 1. The number of carbonyl (C=O) groups excluding carboxylic acids is 1. The number of hydrogen-bond acceptors (Lipinski definition) is 7. The first kappa shape index (κ1) is 27.0. The van der Waals surface area contributed by atoms with Crippen LogP contribution in [-0.2, 0) is 19.3 Å². The Morgan fingerprint density at radius 2 is 1.46 bits per heavy atom. The molecule has 1 saturated heterocycles. The van der Waals surface area contributed by atoms with E-state index in [1.54, 1.807) is 65.6 Å². The average Bonchev–Trinajstić information content (AvgIpc) is 2.77. The normalized spacial score (nSPS) is 15.5. The van der Waals surface area contributed by atoms with Gasteiger partial charge in [0.05, 0.1) is 0 Å². The van der Waals surface area contributed by atoms with E-state index >= 15 is 0 Å². The second-order valence-electron chi connectivity index (χ2n) is 9.42. The lowest BCUT2D eigenvalue weighted by molar-refractivity contribution is 0.0185. The average molecular weight is 525 g/mol. The van der Waals surface area contributed by atoms with Crippen molar-refractivity contribution >= 4 is 23.7 Å². The number of piperidine rings is 1. The number of amides is 1. The van der Waals surface area contributed by atoms with E-state index in [1.807, 2.05) is 20.8 Å². The molecule has 0 atom stereocenters. The van der Waals surface area contributed by atoms with Crippen LogP contribution in [-0.4, -0.2) is 50.1 Å². The Labute approximate surface area is 207 Å². The van der Waals surface area contributed by atoms with Crippen LogP contribution in [0.1, 0.15) is 33.6 Å². The van der Waals surface area contributed by atoms with Crippen LogP contribution in [0.4, 0.5) is 4.79 Å². The van der Waals surface area contributed by atoms with Gasteiger partial charge in [0.2, 0.25) is 10.0 Å². The largest absolute Gasteiger partial charge is 0.447 e. The fraction of sp³-hybridized carbons (Fsp3) is 0.458. The molecule has 1 N–H and O–H groups in total. The first-order chi connectivity index (χ1) is 16.4. The molecule has 1 aliphatic heterocycles. The summed E-state index contributed by atoms with van der Waals surface area (Å²) >= 11 is 0. The van der Waals surface area contributed by atoms with Crippen molar-refractivity contribution in [3.05, 3.63) is 60.7 Å². The van der Waals surface area contributed by atoms with Gasteiger partial charge < -0.3 is 18.7 Å². The van der Waals surface area contributed by atoms with Crippen molar-refractivity contribution in [2.45, 2.75) is 39.2 Å². The molecule has 0 aliphatic carbocycles. The first-order valence-corrected chi connectivity index (χ1v) is 14.8. The van der Waals surface area contributed by atoms with Crippen LogP contribution in [0.5, 0.6) is 11.5 Å². The predicted molar refractivity (Wildman–Crippen MR) is 134 cm³/mol. The fourth-order valence-electron chi connectivity index (χ4n) is 3.50. The number of nitrogens with one attached hydrogen (secondary N) is 1. The van der Waals surface area contributed by atoms with Crippen LogP contribution in [0.15, 0.2) is 60.7 Å². The van der Waals surface area contributed by atoms with Crippen molar-refractivity contribution in [2.24, 2.45) is 5.92 Å². The molecular weight excluding hydrogens is 491 g/mol. The molecule has 3 rings (SSSR count). The third-order valence-electron chi connectivity index (χ3n) is 5.16. The number of likely N-dealkylation sites (tertiary alicyclic amines) is 1. The number of nitrogens with zero attached hydrogens (tertiary/aromatic N) is 1. The summed E-state index contributed by atoms with van der Waals surface area (Å²) in [6, 6.07) is 16.6. The number of carbonyl (C=O) groups is 1. The van der Waals surface area contributed by atoms with Crippen LogP contribution >= 0.6 is 7.60 Å². The molecule has 0 bridgehead atoms. The second-order valence-corrected chi connectivity index (χ2v) is 13.6. The highest BCUT2D eigenvalue weighted by Gasteiger charge is 2.36. The van der Waals surface area contributed by atoms with Crippen molar-refractivity contribution in [3.8, 4) is 11.5 Å². The minimum atomic E-state index is -4.12. The summed E-state index contributed by atoms with van der Waals surface area (Å²) in [5, 5.41) is 0. The summed E-state index contributed by atoms with van der Waals surface area (Å²) < 4.78 is 58.3. The lowest BCUT2D eigenvalue weighted by Crippen LogP contribution is -2.44. The Kier molecular flexibility index (Phi) is 8.85. The highest BCUT2D eigenvalue weighted by atomic mass is 32.2. The number of benzene rings is 2. The molecule has 1 heterocycles. The lowest BCUT2D eigenvalue weighted by Gasteiger charge is -2.33. The summed E-state index contributed by atoms with van der Waals surface area (Å²) in [5.41, 5.74) is -1.40. The molecule has 0 spiro atoms. The zero-order valence-corrected chi connectivity index (χ0v) is 22.0. The maximum Gasteiger partial charge on any atom is 0.447 e. The number of ether oxygens (including phenoxy) is 1. The van der Waals surface area contributed by atoms with E-state index in [2.05, 4.69) is 4.72 Å². The van der Waals surface area contributed by atoms with Gasteiger partial charge in [0.25, 0.3) is 0 Å². The third kappa shape index (κ3) is 9.20. The molecule has 0 radical (unpaired) electrons. The van der Waals surface area contributed by atoms with Crippen LogP contribution in [0.3, 0.4) is 0 Å². The molecule has 9 nitrogen and oxygen atoms in total. The molecule has 2 aromatic carbocycles. The van der Waals surface area contributed by atoms with E-state index in [-0.39, 0.29) is 30.1 Å². The summed E-state index contributed by atoms with van der Waals surface area (Å²) in [7, 11) is -8.12. The minimum absolute atomic E-state index is 0.0351. The molecule has 0 unspecified atom stereocenters. The van der Waals surface area contributed by atoms with E-state index in [1.165, 1.54) is 0 Å². The Balaban J connectivity index is 1.59. The molecule has 2 aromatic rings. The van der Waals surface area contributed by atoms with Gasteiger partial charge in [-0.2, -0.15) is 0 Å². The molecular formula is C24H33N2O7PS. The van der Waals surface area contributed by atoms with Crippen molar-refractivity contribution in [1.29, 1.82) is 0 Å². The first-order valence-electron chi connectivity index (χ1n) is 11.5. The van der Waals surface area contributed by atoms with Gasteiger partial charge in [0.15, 0.2) is 5.49 Å². The van der Waals surface area contributed by atoms with E-state index in [0.29, 0.717) is 25.9 Å². The zero-order chi connectivity index (χ0) is 25.5. The van der Waals surface area contributed by atoms with Crippen LogP contribution in [0.25, 0.3) is 0 Å². The number of rotatable bonds is 9. The molecule has 35 heavy (non-hydrogen) atoms. The van der Waals surface area contributed by atoms with Gasteiger partial charge in [-0.25, -0.2) is 22.5 Å². The molecule has 1 aliphatic rings.